The summed E-state index contributed by atoms with van der Waals surface area (Å²) < 4.78 is 21.8. The fraction of sp³-hybridized carbons (Fsp3) is 0.846. The van der Waals surface area contributed by atoms with Crippen molar-refractivity contribution in [3.05, 3.63) is 11.7 Å². The summed E-state index contributed by atoms with van der Waals surface area (Å²) in [6, 6.07) is 0. The van der Waals surface area contributed by atoms with Crippen LogP contribution in [0.5, 0.6) is 0 Å². The molecule has 0 amide bonds. The zero-order valence-corrected chi connectivity index (χ0v) is 11.8. The molecule has 1 unspecified atom stereocenters. The average molecular weight is 270 g/mol. The van der Waals surface area contributed by atoms with E-state index in [9.17, 15) is 0 Å². The highest BCUT2D eigenvalue weighted by Crippen LogP contribution is 2.42. The van der Waals surface area contributed by atoms with Gasteiger partial charge in [-0.2, -0.15) is 4.98 Å². The van der Waals surface area contributed by atoms with Crippen molar-refractivity contribution < 1.29 is 18.7 Å². The Morgan fingerprint density at radius 3 is 2.26 bits per heavy atom. The maximum Gasteiger partial charge on any atom is 0.283 e. The second-order valence-corrected chi connectivity index (χ2v) is 4.45. The first kappa shape index (κ1) is 14.4. The predicted molar refractivity (Wildman–Crippen MR) is 67.4 cm³/mol. The lowest BCUT2D eigenvalue weighted by Crippen LogP contribution is -2.11. The van der Waals surface area contributed by atoms with Crippen molar-refractivity contribution >= 4 is 0 Å². The summed E-state index contributed by atoms with van der Waals surface area (Å²) in [6.45, 7) is 7.47. The number of rotatable bonds is 9. The van der Waals surface area contributed by atoms with E-state index in [1.165, 1.54) is 0 Å². The van der Waals surface area contributed by atoms with Crippen LogP contribution in [-0.2, 0) is 14.2 Å². The summed E-state index contributed by atoms with van der Waals surface area (Å²) in [4.78, 5) is 4.38. The fourth-order valence-electron chi connectivity index (χ4n) is 1.95. The number of hydrogen-bond acceptors (Lipinski definition) is 6. The lowest BCUT2D eigenvalue weighted by atomic mass is 10.2. The van der Waals surface area contributed by atoms with Gasteiger partial charge in [0.15, 0.2) is 0 Å². The summed E-state index contributed by atoms with van der Waals surface area (Å²) in [5, 5.41) is 4.01. The Bertz CT molecular complexity index is 372. The van der Waals surface area contributed by atoms with Crippen molar-refractivity contribution in [2.75, 3.05) is 19.8 Å². The second kappa shape index (κ2) is 6.98. The minimum Gasteiger partial charge on any atom is -0.370 e. The van der Waals surface area contributed by atoms with Crippen LogP contribution in [0.3, 0.4) is 0 Å². The SMILES string of the molecule is CCOC(OCC)c1nc(C(OCC)C2CC2)no1. The van der Waals surface area contributed by atoms with E-state index in [0.29, 0.717) is 37.5 Å². The number of aromatic nitrogens is 2. The molecule has 1 fully saturated rings. The molecule has 6 heteroatoms. The Morgan fingerprint density at radius 2 is 1.74 bits per heavy atom. The van der Waals surface area contributed by atoms with Crippen LogP contribution in [0.4, 0.5) is 0 Å². The summed E-state index contributed by atoms with van der Waals surface area (Å²) in [7, 11) is 0. The quantitative estimate of drug-likeness (QED) is 0.643. The zero-order valence-electron chi connectivity index (χ0n) is 11.8. The Balaban J connectivity index is 2.06. The molecule has 2 rings (SSSR count). The molecule has 0 aliphatic heterocycles. The van der Waals surface area contributed by atoms with Crippen molar-refractivity contribution in [1.29, 1.82) is 0 Å². The molecule has 19 heavy (non-hydrogen) atoms. The van der Waals surface area contributed by atoms with Crippen LogP contribution in [0.2, 0.25) is 0 Å². The van der Waals surface area contributed by atoms with Gasteiger partial charge >= 0.3 is 0 Å². The molecule has 0 spiro atoms. The molecular weight excluding hydrogens is 248 g/mol. The van der Waals surface area contributed by atoms with Gasteiger partial charge in [-0.15, -0.1) is 0 Å². The van der Waals surface area contributed by atoms with Crippen LogP contribution in [-0.4, -0.2) is 30.0 Å². The lowest BCUT2D eigenvalue weighted by molar-refractivity contribution is -0.155. The highest BCUT2D eigenvalue weighted by atomic mass is 16.7. The van der Waals surface area contributed by atoms with E-state index in [0.717, 1.165) is 12.8 Å². The molecule has 0 N–H and O–H groups in total. The molecule has 0 radical (unpaired) electrons. The van der Waals surface area contributed by atoms with Gasteiger partial charge in [-0.3, -0.25) is 0 Å². The van der Waals surface area contributed by atoms with E-state index in [1.54, 1.807) is 0 Å². The Kier molecular flexibility index (Phi) is 5.30. The van der Waals surface area contributed by atoms with E-state index in [4.69, 9.17) is 18.7 Å². The van der Waals surface area contributed by atoms with E-state index in [-0.39, 0.29) is 6.10 Å². The minimum absolute atomic E-state index is 0.0635. The topological polar surface area (TPSA) is 66.6 Å². The average Bonchev–Trinajstić information content (AvgIpc) is 3.13. The van der Waals surface area contributed by atoms with Crippen LogP contribution >= 0.6 is 0 Å². The van der Waals surface area contributed by atoms with Gasteiger partial charge in [-0.05, 0) is 39.5 Å². The van der Waals surface area contributed by atoms with Gasteiger partial charge in [0.2, 0.25) is 12.1 Å². The molecule has 1 aliphatic rings. The summed E-state index contributed by atoms with van der Waals surface area (Å²) in [6.07, 6.45) is 1.67. The second-order valence-electron chi connectivity index (χ2n) is 4.45. The Morgan fingerprint density at radius 1 is 1.11 bits per heavy atom. The van der Waals surface area contributed by atoms with Crippen molar-refractivity contribution in [1.82, 2.24) is 10.1 Å². The third kappa shape index (κ3) is 3.75. The van der Waals surface area contributed by atoms with E-state index < -0.39 is 6.29 Å². The lowest BCUT2D eigenvalue weighted by Gasteiger charge is -2.12. The van der Waals surface area contributed by atoms with Crippen LogP contribution in [0.1, 0.15) is 57.7 Å². The van der Waals surface area contributed by atoms with Crippen LogP contribution in [0.25, 0.3) is 0 Å². The van der Waals surface area contributed by atoms with Gasteiger partial charge in [0.1, 0.15) is 6.10 Å². The van der Waals surface area contributed by atoms with E-state index in [1.807, 2.05) is 20.8 Å². The summed E-state index contributed by atoms with van der Waals surface area (Å²) >= 11 is 0. The maximum atomic E-state index is 5.70. The van der Waals surface area contributed by atoms with Gasteiger partial charge in [0.05, 0.1) is 0 Å². The first-order valence-electron chi connectivity index (χ1n) is 6.98. The predicted octanol–water partition coefficient (Wildman–Crippen LogP) is 2.63. The van der Waals surface area contributed by atoms with Gasteiger partial charge in [0.25, 0.3) is 5.89 Å². The third-order valence-electron chi connectivity index (χ3n) is 2.95. The summed E-state index contributed by atoms with van der Waals surface area (Å²) in [5.41, 5.74) is 0. The normalized spacial score (nSPS) is 17.1. The van der Waals surface area contributed by atoms with E-state index in [2.05, 4.69) is 10.1 Å². The standard InChI is InChI=1S/C13H22N2O4/c1-4-16-10(9-7-8-9)11-14-12(19-15-11)13(17-5-2)18-6-3/h9-10,13H,4-8H2,1-3H3. The number of nitrogens with zero attached hydrogens (tertiary/aromatic N) is 2. The smallest absolute Gasteiger partial charge is 0.283 e. The zero-order chi connectivity index (χ0) is 13.7. The molecule has 0 saturated heterocycles. The van der Waals surface area contributed by atoms with Crippen molar-refractivity contribution in [2.45, 2.75) is 46.0 Å². The van der Waals surface area contributed by atoms with Crippen molar-refractivity contribution in [2.24, 2.45) is 5.92 Å². The Hall–Kier alpha value is -0.980. The molecule has 6 nitrogen and oxygen atoms in total. The molecule has 1 aromatic rings. The molecule has 0 bridgehead atoms. The number of hydrogen-bond donors (Lipinski definition) is 0. The molecule has 1 atom stereocenters. The minimum atomic E-state index is -0.585. The third-order valence-corrected chi connectivity index (χ3v) is 2.95. The van der Waals surface area contributed by atoms with Gasteiger partial charge < -0.3 is 18.7 Å². The fourth-order valence-corrected chi connectivity index (χ4v) is 1.95. The van der Waals surface area contributed by atoms with Crippen LogP contribution in [0.15, 0.2) is 4.52 Å². The highest BCUT2D eigenvalue weighted by Gasteiger charge is 2.36. The molecule has 0 aromatic carbocycles. The van der Waals surface area contributed by atoms with Crippen molar-refractivity contribution in [3.8, 4) is 0 Å². The van der Waals surface area contributed by atoms with Crippen molar-refractivity contribution in [3.63, 3.8) is 0 Å². The van der Waals surface area contributed by atoms with Crippen LogP contribution < -0.4 is 0 Å². The van der Waals surface area contributed by atoms with Gasteiger partial charge in [-0.25, -0.2) is 0 Å². The molecule has 1 heterocycles. The largest absolute Gasteiger partial charge is 0.370 e. The molecule has 1 aliphatic carbocycles. The number of ether oxygens (including phenoxy) is 3. The molecule has 1 aromatic heterocycles. The van der Waals surface area contributed by atoms with Crippen LogP contribution in [0, 0.1) is 5.92 Å². The maximum absolute atomic E-state index is 5.70. The Labute approximate surface area is 113 Å². The van der Waals surface area contributed by atoms with Gasteiger partial charge in [0, 0.05) is 19.8 Å². The molecule has 1 saturated carbocycles. The first-order valence-corrected chi connectivity index (χ1v) is 6.98. The van der Waals surface area contributed by atoms with E-state index >= 15 is 0 Å². The molecule has 108 valence electrons. The molecular formula is C13H22N2O4. The van der Waals surface area contributed by atoms with Gasteiger partial charge in [-0.1, -0.05) is 5.16 Å². The summed E-state index contributed by atoms with van der Waals surface area (Å²) in [5.74, 6) is 1.48. The first-order chi connectivity index (χ1) is 9.30. The highest BCUT2D eigenvalue weighted by molar-refractivity contribution is 4.99. The monoisotopic (exact) mass is 270 g/mol.